The minimum absolute atomic E-state index is 0.0906. The van der Waals surface area contributed by atoms with Crippen LogP contribution in [0.1, 0.15) is 50.2 Å². The van der Waals surface area contributed by atoms with Crippen molar-refractivity contribution in [2.24, 2.45) is 5.92 Å². The Morgan fingerprint density at radius 2 is 1.90 bits per heavy atom. The average Bonchev–Trinajstić information content (AvgIpc) is 3.39. The summed E-state index contributed by atoms with van der Waals surface area (Å²) < 4.78 is 41.9. The molecule has 0 aliphatic heterocycles. The quantitative estimate of drug-likeness (QED) is 0.232. The van der Waals surface area contributed by atoms with Gasteiger partial charge in [0.05, 0.1) is 11.1 Å². The van der Waals surface area contributed by atoms with Crippen LogP contribution >= 0.6 is 11.3 Å². The van der Waals surface area contributed by atoms with E-state index in [1.54, 1.807) is 31.3 Å². The van der Waals surface area contributed by atoms with Gasteiger partial charge in [-0.15, -0.1) is 11.3 Å². The first-order valence-electron chi connectivity index (χ1n) is 12.7. The van der Waals surface area contributed by atoms with Gasteiger partial charge in [0.15, 0.2) is 16.9 Å². The number of carbonyl (C=O) groups excluding carboxylic acids is 2. The zero-order valence-corrected chi connectivity index (χ0v) is 23.2. The molecule has 0 atom stereocenters. The number of nitrogens with zero attached hydrogens (tertiary/aromatic N) is 3. The molecule has 0 aliphatic carbocycles. The standard InChI is InChI=1S/C28H28F3N5O3S/c1-5-32-27(39)35-24-11-19(26-34-23(14-40-26)28(29,30)31)20(12-33-24)17-6-7-18-22(10-17)36(9-8-15(2)3)13-21(16(4)37)25(18)38/h6-7,10-15H,5,8-9H2,1-4H3,(H2,32,33,35,39). The van der Waals surface area contributed by atoms with Gasteiger partial charge >= 0.3 is 12.2 Å². The number of anilines is 1. The Balaban J connectivity index is 1.91. The predicted molar refractivity (Wildman–Crippen MR) is 150 cm³/mol. The Morgan fingerprint density at radius 1 is 1.15 bits per heavy atom. The Kier molecular flexibility index (Phi) is 8.38. The number of hydrogen-bond donors (Lipinski definition) is 2. The Bertz CT molecular complexity index is 1640. The zero-order chi connectivity index (χ0) is 29.2. The molecule has 0 unspecified atom stereocenters. The molecule has 0 saturated heterocycles. The Labute approximate surface area is 232 Å². The largest absolute Gasteiger partial charge is 0.434 e. The van der Waals surface area contributed by atoms with Gasteiger partial charge in [-0.05, 0) is 49.9 Å². The second-order valence-corrected chi connectivity index (χ2v) is 10.5. The molecule has 210 valence electrons. The van der Waals surface area contributed by atoms with Crippen LogP contribution in [0.5, 0.6) is 0 Å². The maximum absolute atomic E-state index is 13.4. The first-order valence-corrected chi connectivity index (χ1v) is 13.5. The Morgan fingerprint density at radius 3 is 2.52 bits per heavy atom. The van der Waals surface area contributed by atoms with Crippen LogP contribution in [0.3, 0.4) is 0 Å². The molecule has 3 heterocycles. The van der Waals surface area contributed by atoms with Crippen molar-refractivity contribution in [2.45, 2.75) is 46.8 Å². The maximum atomic E-state index is 13.4. The number of benzene rings is 1. The third-order valence-electron chi connectivity index (χ3n) is 6.23. The Hall–Kier alpha value is -4.06. The number of ketones is 1. The number of Topliss-reactive ketones (excluding diaryl/α,β-unsaturated/α-hetero) is 1. The second kappa shape index (κ2) is 11.6. The van der Waals surface area contributed by atoms with Gasteiger partial charge in [-0.1, -0.05) is 19.9 Å². The molecule has 0 saturated carbocycles. The molecule has 0 radical (unpaired) electrons. The van der Waals surface area contributed by atoms with Crippen molar-refractivity contribution in [3.63, 3.8) is 0 Å². The number of fused-ring (bicyclic) bond motifs is 1. The number of aryl methyl sites for hydroxylation is 1. The van der Waals surface area contributed by atoms with E-state index in [1.807, 2.05) is 4.57 Å². The smallest absolute Gasteiger partial charge is 0.346 e. The van der Waals surface area contributed by atoms with E-state index in [2.05, 4.69) is 34.4 Å². The molecule has 4 aromatic rings. The van der Waals surface area contributed by atoms with Gasteiger partial charge in [0.25, 0.3) is 0 Å². The van der Waals surface area contributed by atoms with Crippen LogP contribution in [0.4, 0.5) is 23.8 Å². The third-order valence-corrected chi connectivity index (χ3v) is 7.10. The van der Waals surface area contributed by atoms with Crippen LogP contribution < -0.4 is 16.1 Å². The monoisotopic (exact) mass is 571 g/mol. The first kappa shape index (κ1) is 28.9. The van der Waals surface area contributed by atoms with E-state index in [-0.39, 0.29) is 27.6 Å². The van der Waals surface area contributed by atoms with Gasteiger partial charge in [-0.3, -0.25) is 14.9 Å². The summed E-state index contributed by atoms with van der Waals surface area (Å²) >= 11 is 0.822. The predicted octanol–water partition coefficient (Wildman–Crippen LogP) is 6.60. The SMILES string of the molecule is CCNC(=O)Nc1cc(-c2nc(C(F)(F)F)cs2)c(-c2ccc3c(=O)c(C(C)=O)cn(CCC(C)C)c3c2)cn1. The number of alkyl halides is 3. The van der Waals surface area contributed by atoms with Crippen LogP contribution in [0.15, 0.2) is 46.8 Å². The summed E-state index contributed by atoms with van der Waals surface area (Å²) in [4.78, 5) is 45.4. The molecule has 40 heavy (non-hydrogen) atoms. The lowest BCUT2D eigenvalue weighted by atomic mass is 9.99. The van der Waals surface area contributed by atoms with E-state index in [0.717, 1.165) is 23.1 Å². The molecule has 1 aromatic carbocycles. The summed E-state index contributed by atoms with van der Waals surface area (Å²) in [7, 11) is 0. The molecular weight excluding hydrogens is 543 g/mol. The molecule has 0 fully saturated rings. The number of pyridine rings is 2. The van der Waals surface area contributed by atoms with Crippen molar-refractivity contribution in [2.75, 3.05) is 11.9 Å². The number of hydrogen-bond acceptors (Lipinski definition) is 6. The summed E-state index contributed by atoms with van der Waals surface area (Å²) in [5, 5.41) is 6.54. The van der Waals surface area contributed by atoms with E-state index in [1.165, 1.54) is 19.2 Å². The van der Waals surface area contributed by atoms with E-state index >= 15 is 0 Å². The van der Waals surface area contributed by atoms with Crippen molar-refractivity contribution >= 4 is 39.9 Å². The van der Waals surface area contributed by atoms with Crippen molar-refractivity contribution in [1.29, 1.82) is 0 Å². The molecule has 3 aromatic heterocycles. The highest BCUT2D eigenvalue weighted by molar-refractivity contribution is 7.13. The lowest BCUT2D eigenvalue weighted by molar-refractivity contribution is -0.140. The number of rotatable bonds is 8. The molecular formula is C28H28F3N5O3S. The van der Waals surface area contributed by atoms with Gasteiger partial charge in [0, 0.05) is 47.4 Å². The normalized spacial score (nSPS) is 11.7. The molecule has 8 nitrogen and oxygen atoms in total. The number of thiazole rings is 1. The zero-order valence-electron chi connectivity index (χ0n) is 22.3. The molecule has 0 bridgehead atoms. The number of halogens is 3. The molecule has 0 spiro atoms. The van der Waals surface area contributed by atoms with Gasteiger partial charge in [-0.25, -0.2) is 14.8 Å². The molecule has 12 heteroatoms. The first-order chi connectivity index (χ1) is 18.9. The van der Waals surface area contributed by atoms with Gasteiger partial charge in [0.2, 0.25) is 0 Å². The van der Waals surface area contributed by atoms with Crippen molar-refractivity contribution in [1.82, 2.24) is 19.9 Å². The van der Waals surface area contributed by atoms with Gasteiger partial charge in [-0.2, -0.15) is 13.2 Å². The topological polar surface area (TPSA) is 106 Å². The maximum Gasteiger partial charge on any atom is 0.434 e. The van der Waals surface area contributed by atoms with Crippen LogP contribution in [0.25, 0.3) is 32.6 Å². The fourth-order valence-electron chi connectivity index (χ4n) is 4.17. The lowest BCUT2D eigenvalue weighted by Crippen LogP contribution is -2.28. The summed E-state index contributed by atoms with van der Waals surface area (Å²) in [5.74, 6) is 0.168. The summed E-state index contributed by atoms with van der Waals surface area (Å²) in [6.07, 6.45) is -0.804. The molecule has 2 amide bonds. The number of aromatic nitrogens is 3. The summed E-state index contributed by atoms with van der Waals surface area (Å²) in [6, 6.07) is 5.99. The van der Waals surface area contributed by atoms with Crippen molar-refractivity contribution < 1.29 is 22.8 Å². The van der Waals surface area contributed by atoms with Crippen molar-refractivity contribution in [3.8, 4) is 21.7 Å². The fraction of sp³-hybridized carbons (Fsp3) is 0.321. The lowest BCUT2D eigenvalue weighted by Gasteiger charge is -2.16. The van der Waals surface area contributed by atoms with Crippen LogP contribution in [0.2, 0.25) is 0 Å². The third kappa shape index (κ3) is 6.22. The van der Waals surface area contributed by atoms with Crippen LogP contribution in [-0.4, -0.2) is 32.9 Å². The second-order valence-electron chi connectivity index (χ2n) is 9.67. The van der Waals surface area contributed by atoms with E-state index < -0.39 is 17.9 Å². The minimum Gasteiger partial charge on any atom is -0.346 e. The molecule has 4 rings (SSSR count). The number of carbonyl (C=O) groups is 2. The summed E-state index contributed by atoms with van der Waals surface area (Å²) in [5.41, 5.74) is 0.642. The number of nitrogens with one attached hydrogen (secondary N) is 2. The highest BCUT2D eigenvalue weighted by Crippen LogP contribution is 2.39. The number of amides is 2. The number of urea groups is 1. The van der Waals surface area contributed by atoms with E-state index in [9.17, 15) is 27.6 Å². The highest BCUT2D eigenvalue weighted by Gasteiger charge is 2.34. The summed E-state index contributed by atoms with van der Waals surface area (Å²) in [6.45, 7) is 8.16. The van der Waals surface area contributed by atoms with Crippen LogP contribution in [-0.2, 0) is 12.7 Å². The van der Waals surface area contributed by atoms with Crippen LogP contribution in [0, 0.1) is 5.92 Å². The average molecular weight is 572 g/mol. The van der Waals surface area contributed by atoms with E-state index in [0.29, 0.717) is 46.6 Å². The molecule has 2 N–H and O–H groups in total. The van der Waals surface area contributed by atoms with E-state index in [4.69, 9.17) is 0 Å². The van der Waals surface area contributed by atoms with Gasteiger partial charge in [0.1, 0.15) is 10.8 Å². The minimum atomic E-state index is -4.62. The van der Waals surface area contributed by atoms with Gasteiger partial charge < -0.3 is 9.88 Å². The molecule has 0 aliphatic rings. The fourth-order valence-corrected chi connectivity index (χ4v) is 5.03. The van der Waals surface area contributed by atoms with Crippen molar-refractivity contribution in [3.05, 3.63) is 63.5 Å². The highest BCUT2D eigenvalue weighted by atomic mass is 32.1.